The van der Waals surface area contributed by atoms with Crippen molar-refractivity contribution in [2.45, 2.75) is 51.4 Å². The lowest BCUT2D eigenvalue weighted by Gasteiger charge is -2.45. The first-order valence-corrected chi connectivity index (χ1v) is 19.9. The first-order chi connectivity index (χ1) is 27.7. The van der Waals surface area contributed by atoms with E-state index in [-0.39, 0.29) is 17.5 Å². The van der Waals surface area contributed by atoms with Gasteiger partial charge in [-0.05, 0) is 107 Å². The molecule has 0 atom stereocenters. The number of hydrogen-bond acceptors (Lipinski definition) is 6. The van der Waals surface area contributed by atoms with E-state index in [0.29, 0.717) is 0 Å². The Hall–Kier alpha value is -6.60. The van der Waals surface area contributed by atoms with Crippen molar-refractivity contribution in [2.75, 3.05) is 9.80 Å². The molecular formula is C50H39BN2O4. The zero-order valence-electron chi connectivity index (χ0n) is 32.3. The highest BCUT2D eigenvalue weighted by Crippen LogP contribution is 2.55. The van der Waals surface area contributed by atoms with Gasteiger partial charge in [0.05, 0.1) is 34.1 Å². The molecule has 5 aliphatic rings. The lowest BCUT2D eigenvalue weighted by molar-refractivity contribution is 0.318. The average molecular weight is 743 g/mol. The molecule has 0 saturated heterocycles. The van der Waals surface area contributed by atoms with Crippen LogP contribution in [0.1, 0.15) is 51.7 Å². The first-order valence-electron chi connectivity index (χ1n) is 19.9. The van der Waals surface area contributed by atoms with Crippen LogP contribution in [0.15, 0.2) is 140 Å². The van der Waals surface area contributed by atoms with E-state index in [1.807, 2.05) is 48.5 Å². The van der Waals surface area contributed by atoms with Crippen LogP contribution in [-0.2, 0) is 10.8 Å². The Kier molecular flexibility index (Phi) is 6.57. The molecule has 0 spiro atoms. The fraction of sp³-hybridized carbons (Fsp3) is 0.160. The van der Waals surface area contributed by atoms with Gasteiger partial charge in [0, 0.05) is 23.2 Å². The molecule has 0 saturated carbocycles. The number of para-hydroxylation sites is 8. The Bertz CT molecular complexity index is 2760. The smallest absolute Gasteiger partial charge is 0.260 e. The second kappa shape index (κ2) is 11.5. The quantitative estimate of drug-likeness (QED) is 0.164. The molecule has 0 aromatic heterocycles. The monoisotopic (exact) mass is 742 g/mol. The maximum Gasteiger partial charge on any atom is 0.260 e. The molecule has 0 N–H and O–H groups in total. The van der Waals surface area contributed by atoms with Crippen LogP contribution in [-0.4, -0.2) is 6.71 Å². The number of benzene rings is 7. The summed E-state index contributed by atoms with van der Waals surface area (Å²) in [7, 11) is 0. The van der Waals surface area contributed by atoms with Gasteiger partial charge in [0.2, 0.25) is 0 Å². The van der Waals surface area contributed by atoms with Crippen LogP contribution in [0.5, 0.6) is 46.0 Å². The number of ether oxygens (including phenoxy) is 4. The Morgan fingerprint density at radius 3 is 1.35 bits per heavy atom. The Balaban J connectivity index is 1.07. The van der Waals surface area contributed by atoms with E-state index in [4.69, 9.17) is 18.9 Å². The summed E-state index contributed by atoms with van der Waals surface area (Å²) < 4.78 is 27.2. The van der Waals surface area contributed by atoms with Crippen molar-refractivity contribution in [3.8, 4) is 46.0 Å². The minimum Gasteiger partial charge on any atom is -0.458 e. The maximum absolute atomic E-state index is 7.31. The molecule has 6 nitrogen and oxygen atoms in total. The molecule has 57 heavy (non-hydrogen) atoms. The van der Waals surface area contributed by atoms with Crippen LogP contribution in [0.25, 0.3) is 0 Å². The van der Waals surface area contributed by atoms with Crippen molar-refractivity contribution >= 4 is 57.2 Å². The van der Waals surface area contributed by atoms with E-state index >= 15 is 0 Å². The molecule has 0 radical (unpaired) electrons. The highest BCUT2D eigenvalue weighted by Gasteiger charge is 2.48. The van der Waals surface area contributed by atoms with Crippen molar-refractivity contribution in [3.63, 3.8) is 0 Å². The van der Waals surface area contributed by atoms with Gasteiger partial charge in [-0.1, -0.05) is 88.4 Å². The van der Waals surface area contributed by atoms with Crippen molar-refractivity contribution in [2.24, 2.45) is 0 Å². The molecule has 1 aliphatic carbocycles. The van der Waals surface area contributed by atoms with Gasteiger partial charge in [-0.3, -0.25) is 0 Å². The van der Waals surface area contributed by atoms with Crippen LogP contribution in [0, 0.1) is 0 Å². The van der Waals surface area contributed by atoms with E-state index in [0.717, 1.165) is 109 Å². The summed E-state index contributed by atoms with van der Waals surface area (Å²) in [5.74, 6) is 6.81. The summed E-state index contributed by atoms with van der Waals surface area (Å²) in [5.41, 5.74) is 11.8. The third-order valence-corrected chi connectivity index (χ3v) is 12.8. The second-order valence-corrected chi connectivity index (χ2v) is 17.1. The van der Waals surface area contributed by atoms with Crippen molar-refractivity contribution in [1.29, 1.82) is 0 Å². The fourth-order valence-corrected chi connectivity index (χ4v) is 9.85. The zero-order valence-corrected chi connectivity index (χ0v) is 32.3. The van der Waals surface area contributed by atoms with Crippen molar-refractivity contribution < 1.29 is 18.9 Å². The third-order valence-electron chi connectivity index (χ3n) is 12.8. The van der Waals surface area contributed by atoms with Gasteiger partial charge in [0.25, 0.3) is 6.71 Å². The van der Waals surface area contributed by atoms with Crippen molar-refractivity contribution in [3.05, 3.63) is 151 Å². The van der Waals surface area contributed by atoms with Crippen LogP contribution in [0.4, 0.5) is 34.1 Å². The predicted octanol–water partition coefficient (Wildman–Crippen LogP) is 11.9. The van der Waals surface area contributed by atoms with E-state index in [1.165, 1.54) is 11.1 Å². The van der Waals surface area contributed by atoms with E-state index in [2.05, 4.69) is 128 Å². The summed E-state index contributed by atoms with van der Waals surface area (Å²) in [5, 5.41) is 0. The Labute approximate surface area is 332 Å². The number of fused-ring (bicyclic) bond motifs is 10. The predicted molar refractivity (Wildman–Crippen MR) is 229 cm³/mol. The molecular weight excluding hydrogens is 703 g/mol. The lowest BCUT2D eigenvalue weighted by Crippen LogP contribution is -2.58. The normalized spacial score (nSPS) is 16.7. The molecule has 0 amide bonds. The molecule has 0 bridgehead atoms. The molecule has 7 heteroatoms. The maximum atomic E-state index is 7.31. The van der Waals surface area contributed by atoms with E-state index in [9.17, 15) is 0 Å². The Morgan fingerprint density at radius 2 is 0.860 bits per heavy atom. The van der Waals surface area contributed by atoms with Crippen molar-refractivity contribution in [1.82, 2.24) is 0 Å². The first kappa shape index (κ1) is 32.6. The molecule has 12 rings (SSSR count). The van der Waals surface area contributed by atoms with Gasteiger partial charge in [-0.2, -0.15) is 0 Å². The third kappa shape index (κ3) is 4.66. The standard InChI is InChI=1S/C50H39BN2O4/c1-49(2)25-26-50(3,4)46-32(49)29-45-47-48(46)57-44-28-31(53-37-15-7-11-19-41(37)55-42-20-12-8-16-38(42)53)22-24-34(44)51(47)33-23-21-30(27-43(33)56-45)52-35-13-5-9-17-39(35)54-40-18-10-6-14-36(40)52/h5-24,27-29H,25-26H2,1-4H3. The van der Waals surface area contributed by atoms with Gasteiger partial charge in [0.15, 0.2) is 23.0 Å². The summed E-state index contributed by atoms with van der Waals surface area (Å²) in [4.78, 5) is 4.56. The highest BCUT2D eigenvalue weighted by molar-refractivity contribution is 6.98. The van der Waals surface area contributed by atoms with Gasteiger partial charge >= 0.3 is 0 Å². The van der Waals surface area contributed by atoms with E-state index < -0.39 is 0 Å². The average Bonchev–Trinajstić information content (AvgIpc) is 3.22. The van der Waals surface area contributed by atoms with Gasteiger partial charge < -0.3 is 28.7 Å². The summed E-state index contributed by atoms with van der Waals surface area (Å²) in [6.45, 7) is 9.38. The number of nitrogens with zero attached hydrogens (tertiary/aromatic N) is 2. The molecule has 7 aromatic rings. The molecule has 0 fully saturated rings. The molecule has 276 valence electrons. The molecule has 0 unspecified atom stereocenters. The largest absolute Gasteiger partial charge is 0.458 e. The van der Waals surface area contributed by atoms with Crippen LogP contribution >= 0.6 is 0 Å². The van der Waals surface area contributed by atoms with Gasteiger partial charge in [0.1, 0.15) is 23.0 Å². The number of anilines is 6. The van der Waals surface area contributed by atoms with Crippen LogP contribution in [0.3, 0.4) is 0 Å². The fourth-order valence-electron chi connectivity index (χ4n) is 9.85. The minimum absolute atomic E-state index is 0.0503. The number of hydrogen-bond donors (Lipinski definition) is 0. The molecule has 4 heterocycles. The summed E-state index contributed by atoms with van der Waals surface area (Å²) >= 11 is 0. The summed E-state index contributed by atoms with van der Waals surface area (Å²) in [6, 6.07) is 48.6. The minimum atomic E-state index is -0.0923. The van der Waals surface area contributed by atoms with Gasteiger partial charge in [-0.15, -0.1) is 0 Å². The molecule has 4 aliphatic heterocycles. The Morgan fingerprint density at radius 1 is 0.439 bits per heavy atom. The number of rotatable bonds is 2. The zero-order chi connectivity index (χ0) is 38.2. The van der Waals surface area contributed by atoms with E-state index in [1.54, 1.807) is 0 Å². The second-order valence-electron chi connectivity index (χ2n) is 17.1. The topological polar surface area (TPSA) is 43.4 Å². The highest BCUT2D eigenvalue weighted by atomic mass is 16.5. The van der Waals surface area contributed by atoms with Crippen LogP contribution < -0.4 is 45.1 Å². The SMILES string of the molecule is CC1(C)CCC(C)(C)c2c1cc1c3c2Oc2cc(N4c5ccccc5Oc5ccccc54)ccc2B3c2ccc(N3c4ccccc4Oc4ccccc43)cc2O1. The molecule has 7 aromatic carbocycles. The lowest BCUT2D eigenvalue weighted by atomic mass is 9.34. The van der Waals surface area contributed by atoms with Crippen LogP contribution in [0.2, 0.25) is 0 Å². The summed E-state index contributed by atoms with van der Waals surface area (Å²) in [6.07, 6.45) is 2.16. The van der Waals surface area contributed by atoms with Gasteiger partial charge in [-0.25, -0.2) is 0 Å².